The van der Waals surface area contributed by atoms with E-state index in [-0.39, 0.29) is 10.8 Å². The van der Waals surface area contributed by atoms with Crippen molar-refractivity contribution < 1.29 is 13.2 Å². The standard InChI is InChI=1S/C9H8ClNO3S/c1-11-8-5-7(15(10,13)14)3-2-6(8)4-9(11)12/h2-3,5H,4H2,1H3. The summed E-state index contributed by atoms with van der Waals surface area (Å²) in [5.41, 5.74) is 1.44. The van der Waals surface area contributed by atoms with Gasteiger partial charge in [-0.3, -0.25) is 4.79 Å². The SMILES string of the molecule is CN1C(=O)Cc2ccc(S(=O)(=O)Cl)cc21. The van der Waals surface area contributed by atoms with Gasteiger partial charge in [0.25, 0.3) is 9.05 Å². The number of hydrogen-bond donors (Lipinski definition) is 0. The predicted molar refractivity (Wildman–Crippen MR) is 56.6 cm³/mol. The van der Waals surface area contributed by atoms with Gasteiger partial charge in [-0.15, -0.1) is 0 Å². The Morgan fingerprint density at radius 3 is 2.67 bits per heavy atom. The molecule has 0 N–H and O–H groups in total. The van der Waals surface area contributed by atoms with Gasteiger partial charge in [-0.25, -0.2) is 8.42 Å². The van der Waals surface area contributed by atoms with Crippen LogP contribution in [-0.2, 0) is 20.3 Å². The van der Waals surface area contributed by atoms with Crippen molar-refractivity contribution in [3.8, 4) is 0 Å². The minimum atomic E-state index is -3.73. The first-order valence-electron chi connectivity index (χ1n) is 4.24. The van der Waals surface area contributed by atoms with Crippen LogP contribution in [0.2, 0.25) is 0 Å². The molecule has 0 atom stereocenters. The lowest BCUT2D eigenvalue weighted by Gasteiger charge is -2.10. The second kappa shape index (κ2) is 3.21. The van der Waals surface area contributed by atoms with E-state index in [1.807, 2.05) is 0 Å². The predicted octanol–water partition coefficient (Wildman–Crippen LogP) is 1.13. The first kappa shape index (κ1) is 10.4. The summed E-state index contributed by atoms with van der Waals surface area (Å²) in [6.45, 7) is 0. The minimum Gasteiger partial charge on any atom is -0.315 e. The van der Waals surface area contributed by atoms with Gasteiger partial charge < -0.3 is 4.90 Å². The summed E-state index contributed by atoms with van der Waals surface area (Å²) in [5, 5.41) is 0. The Kier molecular flexibility index (Phi) is 2.24. The highest BCUT2D eigenvalue weighted by Gasteiger charge is 2.25. The van der Waals surface area contributed by atoms with Gasteiger partial charge in [0, 0.05) is 23.4 Å². The van der Waals surface area contributed by atoms with E-state index in [1.54, 1.807) is 13.1 Å². The normalized spacial score (nSPS) is 15.6. The Labute approximate surface area is 91.9 Å². The largest absolute Gasteiger partial charge is 0.315 e. The first-order chi connectivity index (χ1) is 6.89. The van der Waals surface area contributed by atoms with Gasteiger partial charge in [0.2, 0.25) is 5.91 Å². The van der Waals surface area contributed by atoms with Crippen LogP contribution in [0.5, 0.6) is 0 Å². The van der Waals surface area contributed by atoms with Crippen molar-refractivity contribution in [2.24, 2.45) is 0 Å². The molecule has 0 aliphatic carbocycles. The maximum atomic E-state index is 11.3. The summed E-state index contributed by atoms with van der Waals surface area (Å²) >= 11 is 0. The van der Waals surface area contributed by atoms with Crippen molar-refractivity contribution in [1.82, 2.24) is 0 Å². The molecule has 6 heteroatoms. The van der Waals surface area contributed by atoms with Crippen molar-refractivity contribution in [3.05, 3.63) is 23.8 Å². The van der Waals surface area contributed by atoms with Crippen LogP contribution < -0.4 is 4.90 Å². The Hall–Kier alpha value is -1.07. The zero-order valence-electron chi connectivity index (χ0n) is 7.90. The van der Waals surface area contributed by atoms with Gasteiger partial charge in [0.15, 0.2) is 0 Å². The molecule has 80 valence electrons. The fourth-order valence-corrected chi connectivity index (χ4v) is 2.34. The molecule has 2 rings (SSSR count). The van der Waals surface area contributed by atoms with Crippen LogP contribution in [0.1, 0.15) is 5.56 Å². The number of hydrogen-bond acceptors (Lipinski definition) is 3. The lowest BCUT2D eigenvalue weighted by Crippen LogP contribution is -2.20. The second-order valence-corrected chi connectivity index (χ2v) is 5.92. The topological polar surface area (TPSA) is 54.5 Å². The molecule has 0 radical (unpaired) electrons. The number of rotatable bonds is 1. The average Bonchev–Trinajstić information content (AvgIpc) is 2.41. The quantitative estimate of drug-likeness (QED) is 0.697. The van der Waals surface area contributed by atoms with E-state index in [0.29, 0.717) is 12.1 Å². The first-order valence-corrected chi connectivity index (χ1v) is 6.54. The van der Waals surface area contributed by atoms with E-state index < -0.39 is 9.05 Å². The average molecular weight is 246 g/mol. The number of carbonyl (C=O) groups is 1. The molecule has 0 saturated carbocycles. The third kappa shape index (κ3) is 1.72. The van der Waals surface area contributed by atoms with Crippen LogP contribution in [0.15, 0.2) is 23.1 Å². The summed E-state index contributed by atoms with van der Waals surface area (Å²) in [7, 11) is 3.09. The molecule has 1 heterocycles. The number of nitrogens with zero attached hydrogens (tertiary/aromatic N) is 1. The van der Waals surface area contributed by atoms with Crippen molar-refractivity contribution >= 4 is 31.3 Å². The lowest BCUT2D eigenvalue weighted by molar-refractivity contribution is -0.117. The molecule has 1 aliphatic heterocycles. The van der Waals surface area contributed by atoms with Crippen molar-refractivity contribution in [2.75, 3.05) is 11.9 Å². The zero-order valence-corrected chi connectivity index (χ0v) is 9.47. The molecule has 0 unspecified atom stereocenters. The Morgan fingerprint density at radius 2 is 2.07 bits per heavy atom. The van der Waals surface area contributed by atoms with E-state index >= 15 is 0 Å². The number of likely N-dealkylation sites (N-methyl/N-ethyl adjacent to an activating group) is 1. The Balaban J connectivity index is 2.58. The van der Waals surface area contributed by atoms with Gasteiger partial charge in [-0.1, -0.05) is 6.07 Å². The molecule has 1 amide bonds. The van der Waals surface area contributed by atoms with Crippen molar-refractivity contribution in [3.63, 3.8) is 0 Å². The van der Waals surface area contributed by atoms with Crippen molar-refractivity contribution in [1.29, 1.82) is 0 Å². The monoisotopic (exact) mass is 245 g/mol. The Bertz CT molecular complexity index is 538. The van der Waals surface area contributed by atoms with Crippen molar-refractivity contribution in [2.45, 2.75) is 11.3 Å². The summed E-state index contributed by atoms with van der Waals surface area (Å²) in [6, 6.07) is 4.45. The highest BCUT2D eigenvalue weighted by atomic mass is 35.7. The minimum absolute atomic E-state index is 0.0180. The fraction of sp³-hybridized carbons (Fsp3) is 0.222. The van der Waals surface area contributed by atoms with Crippen LogP contribution in [0.25, 0.3) is 0 Å². The molecular formula is C9H8ClNO3S. The Morgan fingerprint density at radius 1 is 1.40 bits per heavy atom. The molecule has 0 aromatic heterocycles. The molecular weight excluding hydrogens is 238 g/mol. The van der Waals surface area contributed by atoms with E-state index in [2.05, 4.69) is 0 Å². The number of fused-ring (bicyclic) bond motifs is 1. The van der Waals surface area contributed by atoms with E-state index in [1.165, 1.54) is 17.0 Å². The summed E-state index contributed by atoms with van der Waals surface area (Å²) < 4.78 is 22.2. The summed E-state index contributed by atoms with van der Waals surface area (Å²) in [4.78, 5) is 12.8. The highest BCUT2D eigenvalue weighted by Crippen LogP contribution is 2.30. The number of anilines is 1. The van der Waals surface area contributed by atoms with E-state index in [9.17, 15) is 13.2 Å². The molecule has 4 nitrogen and oxygen atoms in total. The van der Waals surface area contributed by atoms with Gasteiger partial charge in [0.1, 0.15) is 0 Å². The number of halogens is 1. The fourth-order valence-electron chi connectivity index (χ4n) is 1.57. The van der Waals surface area contributed by atoms with Crippen LogP contribution in [0.3, 0.4) is 0 Å². The summed E-state index contributed by atoms with van der Waals surface area (Å²) in [5.74, 6) is -0.0471. The van der Waals surface area contributed by atoms with Gasteiger partial charge >= 0.3 is 0 Å². The maximum absolute atomic E-state index is 11.3. The third-order valence-electron chi connectivity index (χ3n) is 2.42. The number of carbonyl (C=O) groups excluding carboxylic acids is 1. The van der Waals surface area contributed by atoms with Gasteiger partial charge in [-0.2, -0.15) is 0 Å². The molecule has 1 aromatic rings. The van der Waals surface area contributed by atoms with Crippen LogP contribution in [-0.4, -0.2) is 21.4 Å². The van der Waals surface area contributed by atoms with Crippen LogP contribution in [0.4, 0.5) is 5.69 Å². The molecule has 0 bridgehead atoms. The van der Waals surface area contributed by atoms with Gasteiger partial charge in [-0.05, 0) is 17.7 Å². The molecule has 1 aliphatic rings. The smallest absolute Gasteiger partial charge is 0.261 e. The molecule has 0 spiro atoms. The number of amides is 1. The summed E-state index contributed by atoms with van der Waals surface area (Å²) in [6.07, 6.45) is 0.314. The zero-order chi connectivity index (χ0) is 11.2. The second-order valence-electron chi connectivity index (χ2n) is 3.36. The van der Waals surface area contributed by atoms with Crippen LogP contribution >= 0.6 is 10.7 Å². The molecule has 0 saturated heterocycles. The van der Waals surface area contributed by atoms with E-state index in [0.717, 1.165) is 5.56 Å². The van der Waals surface area contributed by atoms with Crippen LogP contribution in [0, 0.1) is 0 Å². The third-order valence-corrected chi connectivity index (χ3v) is 3.77. The highest BCUT2D eigenvalue weighted by molar-refractivity contribution is 8.13. The maximum Gasteiger partial charge on any atom is 0.261 e. The lowest BCUT2D eigenvalue weighted by atomic mass is 10.2. The molecule has 0 fully saturated rings. The molecule has 15 heavy (non-hydrogen) atoms. The van der Waals surface area contributed by atoms with E-state index in [4.69, 9.17) is 10.7 Å². The number of benzene rings is 1. The molecule has 1 aromatic carbocycles. The van der Waals surface area contributed by atoms with Gasteiger partial charge in [0.05, 0.1) is 11.3 Å².